The van der Waals surface area contributed by atoms with Crippen LogP contribution < -0.4 is 5.32 Å². The summed E-state index contributed by atoms with van der Waals surface area (Å²) in [6.45, 7) is 2.21. The van der Waals surface area contributed by atoms with Crippen molar-refractivity contribution in [3.05, 3.63) is 44.3 Å². The van der Waals surface area contributed by atoms with E-state index in [0.717, 1.165) is 6.42 Å². The minimum Gasteiger partial charge on any atom is -0.309 e. The van der Waals surface area contributed by atoms with Gasteiger partial charge < -0.3 is 5.32 Å². The van der Waals surface area contributed by atoms with E-state index in [2.05, 4.69) is 40.5 Å². The lowest BCUT2D eigenvalue weighted by Crippen LogP contribution is -2.16. The van der Waals surface area contributed by atoms with Gasteiger partial charge in [-0.05, 0) is 52.9 Å². The molecule has 2 aromatic rings. The molecule has 1 nitrogen and oxygen atoms in total. The van der Waals surface area contributed by atoms with Crippen LogP contribution >= 0.6 is 22.7 Å². The first-order valence-electron chi connectivity index (χ1n) is 5.12. The monoisotopic (exact) mass is 237 g/mol. The number of nitrogens with one attached hydrogen (secondary N) is 1. The number of hydrogen-bond acceptors (Lipinski definition) is 3. The standard InChI is InChI=1S/C12H15NS2/c1-3-9-5-7-15-12(9)11(13-2)10-4-6-14-8-10/h4-8,11,13H,3H2,1-2H3. The van der Waals surface area contributed by atoms with Crippen LogP contribution in [0.1, 0.15) is 29.0 Å². The molecule has 0 fully saturated rings. The van der Waals surface area contributed by atoms with E-state index in [9.17, 15) is 0 Å². The van der Waals surface area contributed by atoms with E-state index in [1.54, 1.807) is 11.3 Å². The van der Waals surface area contributed by atoms with Crippen LogP contribution in [0.2, 0.25) is 0 Å². The highest BCUT2D eigenvalue weighted by molar-refractivity contribution is 7.10. The minimum atomic E-state index is 0.367. The Bertz CT molecular complexity index is 403. The largest absolute Gasteiger partial charge is 0.309 e. The Hall–Kier alpha value is -0.640. The Morgan fingerprint density at radius 2 is 2.20 bits per heavy atom. The summed E-state index contributed by atoms with van der Waals surface area (Å²) in [6.07, 6.45) is 1.11. The normalized spacial score (nSPS) is 12.9. The van der Waals surface area contributed by atoms with Crippen molar-refractivity contribution in [2.24, 2.45) is 0 Å². The molecule has 0 aromatic carbocycles. The fourth-order valence-corrected chi connectivity index (χ4v) is 3.60. The molecule has 0 bridgehead atoms. The maximum absolute atomic E-state index is 3.40. The summed E-state index contributed by atoms with van der Waals surface area (Å²) >= 11 is 3.61. The molecule has 80 valence electrons. The molecule has 0 spiro atoms. The van der Waals surface area contributed by atoms with Crippen LogP contribution in [0.4, 0.5) is 0 Å². The van der Waals surface area contributed by atoms with Gasteiger partial charge in [0.2, 0.25) is 0 Å². The maximum atomic E-state index is 3.40. The predicted octanol–water partition coefficient (Wildman–Crippen LogP) is 3.68. The van der Waals surface area contributed by atoms with Gasteiger partial charge >= 0.3 is 0 Å². The van der Waals surface area contributed by atoms with Gasteiger partial charge in [0.15, 0.2) is 0 Å². The molecule has 2 rings (SSSR count). The molecule has 0 aliphatic heterocycles. The molecule has 0 aliphatic carbocycles. The van der Waals surface area contributed by atoms with Crippen molar-refractivity contribution in [3.63, 3.8) is 0 Å². The SMILES string of the molecule is CCc1ccsc1C(NC)c1ccsc1. The van der Waals surface area contributed by atoms with Gasteiger partial charge in [-0.1, -0.05) is 6.92 Å². The topological polar surface area (TPSA) is 12.0 Å². The van der Waals surface area contributed by atoms with Crippen molar-refractivity contribution in [2.45, 2.75) is 19.4 Å². The zero-order chi connectivity index (χ0) is 10.7. The van der Waals surface area contributed by atoms with Crippen LogP contribution in [-0.2, 0) is 6.42 Å². The summed E-state index contributed by atoms with van der Waals surface area (Å²) < 4.78 is 0. The van der Waals surface area contributed by atoms with Crippen LogP contribution in [0.25, 0.3) is 0 Å². The highest BCUT2D eigenvalue weighted by atomic mass is 32.1. The predicted molar refractivity (Wildman–Crippen MR) is 68.9 cm³/mol. The molecule has 2 heterocycles. The third-order valence-electron chi connectivity index (χ3n) is 2.59. The number of thiophene rings is 2. The fourth-order valence-electron chi connectivity index (χ4n) is 1.78. The van der Waals surface area contributed by atoms with E-state index >= 15 is 0 Å². The van der Waals surface area contributed by atoms with Crippen molar-refractivity contribution in [3.8, 4) is 0 Å². The lowest BCUT2D eigenvalue weighted by molar-refractivity contribution is 0.700. The molecule has 0 radical (unpaired) electrons. The summed E-state index contributed by atoms with van der Waals surface area (Å²) in [7, 11) is 2.03. The Morgan fingerprint density at radius 1 is 1.33 bits per heavy atom. The Morgan fingerprint density at radius 3 is 2.80 bits per heavy atom. The lowest BCUT2D eigenvalue weighted by Gasteiger charge is -2.15. The first-order chi connectivity index (χ1) is 7.36. The second-order valence-electron chi connectivity index (χ2n) is 3.44. The van der Waals surface area contributed by atoms with Gasteiger partial charge in [-0.25, -0.2) is 0 Å². The quantitative estimate of drug-likeness (QED) is 0.855. The molecule has 1 N–H and O–H groups in total. The lowest BCUT2D eigenvalue weighted by atomic mass is 10.0. The first kappa shape index (κ1) is 10.9. The van der Waals surface area contributed by atoms with Crippen LogP contribution in [0.15, 0.2) is 28.3 Å². The van der Waals surface area contributed by atoms with Crippen molar-refractivity contribution < 1.29 is 0 Å². The number of aryl methyl sites for hydroxylation is 1. The van der Waals surface area contributed by atoms with E-state index in [1.807, 2.05) is 18.4 Å². The molecule has 0 saturated carbocycles. The average molecular weight is 237 g/mol. The van der Waals surface area contributed by atoms with Gasteiger partial charge in [-0.15, -0.1) is 11.3 Å². The summed E-state index contributed by atoms with van der Waals surface area (Å²) in [6, 6.07) is 4.80. The van der Waals surface area contributed by atoms with Gasteiger partial charge in [0.1, 0.15) is 0 Å². The summed E-state index contributed by atoms with van der Waals surface area (Å²) in [5, 5.41) is 9.94. The fraction of sp³-hybridized carbons (Fsp3) is 0.333. The first-order valence-corrected chi connectivity index (χ1v) is 6.94. The molecule has 1 unspecified atom stereocenters. The van der Waals surface area contributed by atoms with Crippen molar-refractivity contribution >= 4 is 22.7 Å². The molecular weight excluding hydrogens is 222 g/mol. The third-order valence-corrected chi connectivity index (χ3v) is 4.31. The van der Waals surface area contributed by atoms with Gasteiger partial charge in [0, 0.05) is 4.88 Å². The van der Waals surface area contributed by atoms with Crippen molar-refractivity contribution in [2.75, 3.05) is 7.05 Å². The Kier molecular flexibility index (Phi) is 3.57. The molecule has 0 aliphatic rings. The molecule has 1 atom stereocenters. The van der Waals surface area contributed by atoms with Gasteiger partial charge in [-0.3, -0.25) is 0 Å². The molecule has 0 amide bonds. The zero-order valence-corrected chi connectivity index (χ0v) is 10.6. The molecule has 0 saturated heterocycles. The van der Waals surface area contributed by atoms with Gasteiger partial charge in [0.05, 0.1) is 6.04 Å². The molecular formula is C12H15NS2. The molecule has 3 heteroatoms. The van der Waals surface area contributed by atoms with E-state index in [0.29, 0.717) is 6.04 Å². The van der Waals surface area contributed by atoms with Gasteiger partial charge in [-0.2, -0.15) is 11.3 Å². The van der Waals surface area contributed by atoms with Crippen molar-refractivity contribution in [1.82, 2.24) is 5.32 Å². The van der Waals surface area contributed by atoms with Crippen LogP contribution in [0.3, 0.4) is 0 Å². The Balaban J connectivity index is 2.35. The maximum Gasteiger partial charge on any atom is 0.0679 e. The Labute approximate surface area is 98.8 Å². The smallest absolute Gasteiger partial charge is 0.0679 e. The zero-order valence-electron chi connectivity index (χ0n) is 8.99. The minimum absolute atomic E-state index is 0.367. The van der Waals surface area contributed by atoms with E-state index in [4.69, 9.17) is 0 Å². The van der Waals surface area contributed by atoms with Crippen LogP contribution in [-0.4, -0.2) is 7.05 Å². The molecule has 15 heavy (non-hydrogen) atoms. The van der Waals surface area contributed by atoms with Gasteiger partial charge in [0.25, 0.3) is 0 Å². The third kappa shape index (κ3) is 2.14. The van der Waals surface area contributed by atoms with Crippen molar-refractivity contribution in [1.29, 1.82) is 0 Å². The van der Waals surface area contributed by atoms with Crippen LogP contribution in [0.5, 0.6) is 0 Å². The second kappa shape index (κ2) is 4.92. The van der Waals surface area contributed by atoms with E-state index < -0.39 is 0 Å². The summed E-state index contributed by atoms with van der Waals surface area (Å²) in [5.74, 6) is 0. The van der Waals surface area contributed by atoms with E-state index in [-0.39, 0.29) is 0 Å². The highest BCUT2D eigenvalue weighted by Gasteiger charge is 2.16. The second-order valence-corrected chi connectivity index (χ2v) is 5.17. The summed E-state index contributed by atoms with van der Waals surface area (Å²) in [4.78, 5) is 1.46. The van der Waals surface area contributed by atoms with E-state index in [1.165, 1.54) is 16.0 Å². The summed E-state index contributed by atoms with van der Waals surface area (Å²) in [5.41, 5.74) is 2.84. The number of hydrogen-bond donors (Lipinski definition) is 1. The molecule has 2 aromatic heterocycles. The number of rotatable bonds is 4. The highest BCUT2D eigenvalue weighted by Crippen LogP contribution is 2.30. The van der Waals surface area contributed by atoms with Crippen LogP contribution in [0, 0.1) is 0 Å². The average Bonchev–Trinajstić information content (AvgIpc) is 2.89.